The van der Waals surface area contributed by atoms with Gasteiger partial charge in [0.25, 0.3) is 0 Å². The van der Waals surface area contributed by atoms with Crippen molar-refractivity contribution in [1.29, 1.82) is 0 Å². The van der Waals surface area contributed by atoms with Crippen molar-refractivity contribution < 1.29 is 13.9 Å². The second kappa shape index (κ2) is 13.7. The van der Waals surface area contributed by atoms with Crippen LogP contribution in [0.4, 0.5) is 22.7 Å². The summed E-state index contributed by atoms with van der Waals surface area (Å²) in [6, 6.07) is 38.8. The maximum absolute atomic E-state index is 3.11. The van der Waals surface area contributed by atoms with Crippen LogP contribution in [-0.2, 0) is 27.0 Å². The first kappa shape index (κ1) is 27.3. The molecule has 0 bridgehead atoms. The Morgan fingerprint density at radius 3 is 1.16 bits per heavy atom. The number of anilines is 4. The smallest absolute Gasteiger partial charge is 0.0301 e. The standard InChI is InChI=1S/C31H30N4.2BrH.Pd/c1-3-12-26(13-4-1)22-34-24-32(28-16-7-9-18-30(28)34)20-11-21-33-25-35(23-27-14-5-2-6-15-27)31-19-10-8-17-29(31)33;;;/h1-10,12-19,24-25H,11,20-23H2;2*1H;/q-2;;;+2/p-2. The predicted octanol–water partition coefficient (Wildman–Crippen LogP) is 8.36. The summed E-state index contributed by atoms with van der Waals surface area (Å²) in [5, 5.41) is 0. The summed E-state index contributed by atoms with van der Waals surface area (Å²) in [5.41, 5.74) is 7.79. The molecule has 0 aliphatic carbocycles. The Kier molecular flexibility index (Phi) is 9.81. The van der Waals surface area contributed by atoms with Crippen LogP contribution in [0.3, 0.4) is 0 Å². The third-order valence-corrected chi connectivity index (χ3v) is 6.75. The quantitative estimate of drug-likeness (QED) is 0.134. The van der Waals surface area contributed by atoms with Crippen LogP contribution in [0, 0.1) is 13.3 Å². The van der Waals surface area contributed by atoms with Crippen LogP contribution in [0.5, 0.6) is 0 Å². The van der Waals surface area contributed by atoms with Gasteiger partial charge in [0.2, 0.25) is 0 Å². The molecule has 4 nitrogen and oxygen atoms in total. The van der Waals surface area contributed by atoms with E-state index in [9.17, 15) is 0 Å². The zero-order valence-electron chi connectivity index (χ0n) is 20.9. The maximum Gasteiger partial charge on any atom is 0.0301 e. The maximum atomic E-state index is 3.11. The van der Waals surface area contributed by atoms with Crippen molar-refractivity contribution in [2.24, 2.45) is 0 Å². The molecule has 0 saturated carbocycles. The molecule has 0 amide bonds. The van der Waals surface area contributed by atoms with Crippen LogP contribution in [0.1, 0.15) is 17.5 Å². The molecule has 0 N–H and O–H groups in total. The van der Waals surface area contributed by atoms with Gasteiger partial charge in [-0.1, -0.05) is 84.9 Å². The largest absolute Gasteiger partial charge is 0.502 e. The average molecular weight is 725 g/mol. The van der Waals surface area contributed by atoms with Gasteiger partial charge in [-0.3, -0.25) is 0 Å². The predicted molar refractivity (Wildman–Crippen MR) is 164 cm³/mol. The zero-order chi connectivity index (χ0) is 26.2. The van der Waals surface area contributed by atoms with Gasteiger partial charge in [-0.2, -0.15) is 13.3 Å². The molecule has 0 spiro atoms. The van der Waals surface area contributed by atoms with E-state index in [1.54, 1.807) is 0 Å². The van der Waals surface area contributed by atoms with Gasteiger partial charge in [0, 0.05) is 35.8 Å². The molecule has 2 aliphatic rings. The number of halogens is 2. The van der Waals surface area contributed by atoms with Gasteiger partial charge in [0.1, 0.15) is 0 Å². The molecule has 4 aromatic carbocycles. The van der Waals surface area contributed by atoms with Crippen LogP contribution in [0.25, 0.3) is 0 Å². The molecule has 6 rings (SSSR count). The zero-order valence-corrected chi connectivity index (χ0v) is 25.7. The first-order chi connectivity index (χ1) is 18.8. The molecule has 0 radical (unpaired) electrons. The van der Waals surface area contributed by atoms with Crippen molar-refractivity contribution in [3.05, 3.63) is 134 Å². The van der Waals surface area contributed by atoms with Crippen molar-refractivity contribution >= 4 is 49.6 Å². The van der Waals surface area contributed by atoms with Gasteiger partial charge in [-0.15, -0.1) is 0 Å². The van der Waals surface area contributed by atoms with Crippen LogP contribution in [0.15, 0.2) is 109 Å². The molecule has 2 aliphatic heterocycles. The molecular weight excluding hydrogens is 695 g/mol. The number of fused-ring (bicyclic) bond motifs is 2. The molecule has 2 heterocycles. The van der Waals surface area contributed by atoms with E-state index in [4.69, 9.17) is 0 Å². The Bertz CT molecular complexity index is 1190. The van der Waals surface area contributed by atoms with Crippen molar-refractivity contribution in [2.75, 3.05) is 32.7 Å². The van der Waals surface area contributed by atoms with E-state index in [2.05, 4.69) is 169 Å². The first-order valence-electron chi connectivity index (χ1n) is 12.6. The number of nitrogens with zero attached hydrogens (tertiary/aromatic N) is 4. The van der Waals surface area contributed by atoms with Gasteiger partial charge in [-0.25, -0.2) is 0 Å². The number of rotatable bonds is 8. The van der Waals surface area contributed by atoms with E-state index < -0.39 is 0 Å². The fraction of sp³-hybridized carbons (Fsp3) is 0.161. The van der Waals surface area contributed by atoms with E-state index in [1.807, 2.05) is 0 Å². The van der Waals surface area contributed by atoms with Crippen molar-refractivity contribution in [2.45, 2.75) is 19.5 Å². The normalized spacial score (nSPS) is 13.8. The van der Waals surface area contributed by atoms with E-state index in [-0.39, 0.29) is 0 Å². The summed E-state index contributed by atoms with van der Waals surface area (Å²) in [6.07, 6.45) is 1.06. The van der Waals surface area contributed by atoms with Crippen LogP contribution in [0.2, 0.25) is 0 Å². The Labute approximate surface area is 247 Å². The van der Waals surface area contributed by atoms with E-state index in [0.29, 0.717) is 13.9 Å². The second-order valence-corrected chi connectivity index (χ2v) is 16.4. The van der Waals surface area contributed by atoms with E-state index in [1.165, 1.54) is 33.9 Å². The van der Waals surface area contributed by atoms with E-state index in [0.717, 1.165) is 32.6 Å². The molecule has 4 aromatic rings. The molecule has 200 valence electrons. The Morgan fingerprint density at radius 2 is 0.789 bits per heavy atom. The van der Waals surface area contributed by atoms with Gasteiger partial charge < -0.3 is 19.6 Å². The van der Waals surface area contributed by atoms with Crippen molar-refractivity contribution in [1.82, 2.24) is 0 Å². The summed E-state index contributed by atoms with van der Waals surface area (Å²) in [6.45, 7) is 8.29. The van der Waals surface area contributed by atoms with E-state index >= 15 is 0 Å². The Balaban J connectivity index is 0.000000937. The molecule has 0 aromatic heterocycles. The first-order valence-corrected chi connectivity index (χ1v) is 19.7. The second-order valence-electron chi connectivity index (χ2n) is 9.22. The van der Waals surface area contributed by atoms with Gasteiger partial charge in [-0.05, 0) is 54.9 Å². The minimum atomic E-state index is 0.575. The summed E-state index contributed by atoms with van der Waals surface area (Å²) in [7, 11) is 0. The number of hydrogen-bond donors (Lipinski definition) is 0. The number of para-hydroxylation sites is 4. The number of hydrogen-bond acceptors (Lipinski definition) is 4. The number of benzene rings is 4. The molecule has 0 atom stereocenters. The Hall–Kier alpha value is -2.30. The third-order valence-electron chi connectivity index (χ3n) is 6.75. The molecule has 38 heavy (non-hydrogen) atoms. The topological polar surface area (TPSA) is 13.0 Å². The van der Waals surface area contributed by atoms with Gasteiger partial charge >= 0.3 is 40.8 Å². The monoisotopic (exact) mass is 722 g/mol. The summed E-state index contributed by atoms with van der Waals surface area (Å²) >= 11 is 6.80. The fourth-order valence-corrected chi connectivity index (χ4v) is 5.07. The average Bonchev–Trinajstić information content (AvgIpc) is 3.48. The van der Waals surface area contributed by atoms with Crippen molar-refractivity contribution in [3.63, 3.8) is 0 Å². The molecule has 0 fully saturated rings. The summed E-state index contributed by atoms with van der Waals surface area (Å²) in [4.78, 5) is 9.54. The summed E-state index contributed by atoms with van der Waals surface area (Å²) < 4.78 is 0. The van der Waals surface area contributed by atoms with Gasteiger partial charge in [0.05, 0.1) is 0 Å². The van der Waals surface area contributed by atoms with Crippen LogP contribution < -0.4 is 19.6 Å². The molecule has 7 heteroatoms. The minimum absolute atomic E-state index is 0.575. The van der Waals surface area contributed by atoms with Crippen LogP contribution in [-0.4, -0.2) is 13.1 Å². The van der Waals surface area contributed by atoms with Crippen molar-refractivity contribution in [3.8, 4) is 0 Å². The summed E-state index contributed by atoms with van der Waals surface area (Å²) in [5.74, 6) is 0. The molecular formula is C31H30Br2N4Pd-2. The molecule has 0 saturated heterocycles. The third kappa shape index (κ3) is 6.64. The van der Waals surface area contributed by atoms with Crippen LogP contribution >= 0.6 is 26.9 Å². The minimum Gasteiger partial charge on any atom is -0.502 e. The fourth-order valence-electron chi connectivity index (χ4n) is 5.07. The SMILES string of the molecule is [Br][Pd][Br].c1ccc(CN2[CH-]N(CCCN3[CH-]N(Cc4ccccc4)c4ccccc43)c3ccccc32)cc1. The molecule has 0 unspecified atom stereocenters. The Morgan fingerprint density at radius 1 is 0.474 bits per heavy atom. The van der Waals surface area contributed by atoms with Gasteiger partial charge in [0.15, 0.2) is 0 Å².